The Balaban J connectivity index is 2.63. The Hall–Kier alpha value is 0.310. The van der Waals surface area contributed by atoms with E-state index in [0.29, 0.717) is 0 Å². The average Bonchev–Trinajstić information content (AvgIpc) is 1.35. The number of hydrogen-bond donors (Lipinski definition) is 2. The second-order valence-corrected chi connectivity index (χ2v) is 4.20. The van der Waals surface area contributed by atoms with Gasteiger partial charge in [-0.05, 0) is 24.8 Å². The fraction of sp³-hybridized carbons (Fsp3) is 1.00. The van der Waals surface area contributed by atoms with E-state index in [1.165, 1.54) is 5.75 Å². The minimum absolute atomic E-state index is 0.274. The first-order valence-electron chi connectivity index (χ1n) is 2.12. The highest BCUT2D eigenvalue weighted by Crippen LogP contribution is 2.09. The van der Waals surface area contributed by atoms with E-state index in [0.717, 1.165) is 6.54 Å². The van der Waals surface area contributed by atoms with Crippen LogP contribution in [0.5, 0.6) is 0 Å². The predicted molar refractivity (Wildman–Crippen MR) is 34.8 cm³/mol. The number of rotatable bonds is 2. The van der Waals surface area contributed by atoms with Crippen LogP contribution in [0, 0.1) is 0 Å². The second-order valence-electron chi connectivity index (χ2n) is 1.59. The molecular formula is C4H13NS. The molecule has 0 bridgehead atoms. The van der Waals surface area contributed by atoms with Crippen molar-refractivity contribution in [2.75, 3.05) is 24.8 Å². The van der Waals surface area contributed by atoms with Gasteiger partial charge in [0, 0.05) is 0 Å². The number of nitrogens with two attached hydrogens (primary N) is 1. The summed E-state index contributed by atoms with van der Waals surface area (Å²) in [5, 5.41) is 0. The maximum absolute atomic E-state index is 5.25. The van der Waals surface area contributed by atoms with E-state index >= 15 is 0 Å². The number of thiol groups is 1. The van der Waals surface area contributed by atoms with Gasteiger partial charge in [0.25, 0.3) is 0 Å². The molecule has 0 unspecified atom stereocenters. The summed E-state index contributed by atoms with van der Waals surface area (Å²) in [7, 11) is 0.274. The van der Waals surface area contributed by atoms with E-state index in [4.69, 9.17) is 5.73 Å². The van der Waals surface area contributed by atoms with Gasteiger partial charge in [0.05, 0.1) is 0 Å². The van der Waals surface area contributed by atoms with Gasteiger partial charge in [-0.1, -0.05) is 0 Å². The Morgan fingerprint density at radius 1 is 1.50 bits per heavy atom. The van der Waals surface area contributed by atoms with Crippen molar-refractivity contribution in [2.24, 2.45) is 5.73 Å². The molecule has 2 N–H and O–H groups in total. The first kappa shape index (κ1) is 6.31. The molecule has 6 heavy (non-hydrogen) atoms. The molecule has 0 rings (SSSR count). The van der Waals surface area contributed by atoms with Crippen LogP contribution in [0.15, 0.2) is 0 Å². The maximum atomic E-state index is 5.25. The summed E-state index contributed by atoms with van der Waals surface area (Å²) in [4.78, 5) is 0. The van der Waals surface area contributed by atoms with Gasteiger partial charge in [-0.2, -0.15) is 0 Å². The monoisotopic (exact) mass is 107 g/mol. The summed E-state index contributed by atoms with van der Waals surface area (Å²) in [5.74, 6) is 1.22. The Morgan fingerprint density at radius 3 is 2.00 bits per heavy atom. The quantitative estimate of drug-likeness (QED) is 0.485. The Labute approximate surface area is 42.3 Å². The minimum Gasteiger partial charge on any atom is -0.330 e. The van der Waals surface area contributed by atoms with Gasteiger partial charge >= 0.3 is 0 Å². The van der Waals surface area contributed by atoms with Crippen LogP contribution in [-0.4, -0.2) is 24.8 Å². The lowest BCUT2D eigenvalue weighted by Gasteiger charge is -2.02. The van der Waals surface area contributed by atoms with E-state index < -0.39 is 0 Å². The molecule has 0 aliphatic carbocycles. The van der Waals surface area contributed by atoms with Gasteiger partial charge in [-0.3, -0.25) is 10.9 Å². The molecule has 0 saturated carbocycles. The van der Waals surface area contributed by atoms with Crippen molar-refractivity contribution in [3.8, 4) is 0 Å². The first-order valence-corrected chi connectivity index (χ1v) is 4.54. The average molecular weight is 107 g/mol. The van der Waals surface area contributed by atoms with E-state index in [1.807, 2.05) is 0 Å². The van der Waals surface area contributed by atoms with E-state index in [1.54, 1.807) is 0 Å². The summed E-state index contributed by atoms with van der Waals surface area (Å²) in [6, 6.07) is 0. The van der Waals surface area contributed by atoms with Gasteiger partial charge in [0.2, 0.25) is 0 Å². The van der Waals surface area contributed by atoms with Crippen LogP contribution in [0.3, 0.4) is 0 Å². The normalized spacial score (nSPS) is 11.5. The van der Waals surface area contributed by atoms with Crippen molar-refractivity contribution in [2.45, 2.75) is 0 Å². The topological polar surface area (TPSA) is 26.0 Å². The summed E-state index contributed by atoms with van der Waals surface area (Å²) in [5.41, 5.74) is 5.25. The summed E-state index contributed by atoms with van der Waals surface area (Å²) in [6.45, 7) is 0.860. The zero-order chi connectivity index (χ0) is 4.99. The van der Waals surface area contributed by atoms with Crippen molar-refractivity contribution < 1.29 is 0 Å². The molecule has 0 atom stereocenters. The lowest BCUT2D eigenvalue weighted by molar-refractivity contribution is 1.15. The van der Waals surface area contributed by atoms with Gasteiger partial charge in [0.1, 0.15) is 0 Å². The third-order valence-electron chi connectivity index (χ3n) is 0.576. The summed E-state index contributed by atoms with van der Waals surface area (Å²) < 4.78 is 0. The van der Waals surface area contributed by atoms with Crippen LogP contribution in [0.4, 0.5) is 0 Å². The molecule has 0 fully saturated rings. The molecular weight excluding hydrogens is 94.1 g/mol. The summed E-state index contributed by atoms with van der Waals surface area (Å²) in [6.07, 6.45) is 4.48. The fourth-order valence-electron chi connectivity index (χ4n) is 0.258. The zero-order valence-corrected chi connectivity index (χ0v) is 5.33. The van der Waals surface area contributed by atoms with Gasteiger partial charge in [-0.25, -0.2) is 0 Å². The van der Waals surface area contributed by atoms with Gasteiger partial charge in [0.15, 0.2) is 0 Å². The molecule has 0 aromatic heterocycles. The van der Waals surface area contributed by atoms with Crippen LogP contribution in [0.2, 0.25) is 0 Å². The van der Waals surface area contributed by atoms with Crippen LogP contribution in [0.1, 0.15) is 0 Å². The molecule has 0 radical (unpaired) electrons. The maximum Gasteiger partial charge on any atom is -0.000312 e. The molecule has 0 aromatic rings. The molecule has 0 amide bonds. The van der Waals surface area contributed by atoms with Crippen molar-refractivity contribution in [1.29, 1.82) is 0 Å². The standard InChI is InChI=1S/C4H13NS/c1-6(2)4-3-5/h6H,3-5H2,1-2H3. The van der Waals surface area contributed by atoms with Crippen LogP contribution >= 0.6 is 10.9 Å². The second kappa shape index (κ2) is 3.50. The molecule has 0 aromatic carbocycles. The molecule has 0 saturated heterocycles. The van der Waals surface area contributed by atoms with Crippen molar-refractivity contribution in [1.82, 2.24) is 0 Å². The van der Waals surface area contributed by atoms with E-state index in [9.17, 15) is 0 Å². The molecule has 0 heterocycles. The lowest BCUT2D eigenvalue weighted by Crippen LogP contribution is -2.03. The largest absolute Gasteiger partial charge is 0.330 e. The Bertz CT molecular complexity index is 28.7. The van der Waals surface area contributed by atoms with Crippen LogP contribution < -0.4 is 5.73 Å². The van der Waals surface area contributed by atoms with E-state index in [2.05, 4.69) is 12.5 Å². The van der Waals surface area contributed by atoms with Crippen molar-refractivity contribution in [3.63, 3.8) is 0 Å². The Morgan fingerprint density at radius 2 is 2.00 bits per heavy atom. The van der Waals surface area contributed by atoms with E-state index in [-0.39, 0.29) is 10.9 Å². The molecule has 40 valence electrons. The molecule has 1 nitrogen and oxygen atoms in total. The number of hydrogen-bond acceptors (Lipinski definition) is 1. The highest BCUT2D eigenvalue weighted by molar-refractivity contribution is 8.15. The van der Waals surface area contributed by atoms with Crippen molar-refractivity contribution in [3.05, 3.63) is 0 Å². The SMILES string of the molecule is C[SH](C)CCN. The van der Waals surface area contributed by atoms with Crippen molar-refractivity contribution >= 4 is 10.9 Å². The molecule has 0 aliphatic heterocycles. The first-order chi connectivity index (χ1) is 2.77. The Kier molecular flexibility index (Phi) is 3.68. The summed E-state index contributed by atoms with van der Waals surface area (Å²) >= 11 is 0. The van der Waals surface area contributed by atoms with Crippen LogP contribution in [-0.2, 0) is 0 Å². The third-order valence-corrected chi connectivity index (χ3v) is 1.73. The van der Waals surface area contributed by atoms with Gasteiger partial charge in [-0.15, -0.1) is 0 Å². The highest BCUT2D eigenvalue weighted by atomic mass is 32.2. The fourth-order valence-corrected chi connectivity index (χ4v) is 0.775. The third kappa shape index (κ3) is 4.31. The highest BCUT2D eigenvalue weighted by Gasteiger charge is 1.79. The zero-order valence-electron chi connectivity index (χ0n) is 4.44. The predicted octanol–water partition coefficient (Wildman–Crippen LogP) is 0.206. The van der Waals surface area contributed by atoms with Crippen LogP contribution in [0.25, 0.3) is 0 Å². The molecule has 0 aliphatic rings. The smallest absolute Gasteiger partial charge is 0.000312 e. The minimum atomic E-state index is 0.274. The lowest BCUT2D eigenvalue weighted by atomic mass is 10.8. The van der Waals surface area contributed by atoms with Gasteiger partial charge < -0.3 is 5.73 Å². The molecule has 2 heteroatoms. The molecule has 0 spiro atoms.